The average Bonchev–Trinajstić information content (AvgIpc) is 2.38. The predicted octanol–water partition coefficient (Wildman–Crippen LogP) is 3.68. The Morgan fingerprint density at radius 2 is 1.83 bits per heavy atom. The highest BCUT2D eigenvalue weighted by Gasteiger charge is 2.22. The summed E-state index contributed by atoms with van der Waals surface area (Å²) in [5, 5.41) is -0.473. The fourth-order valence-electron chi connectivity index (χ4n) is 1.73. The first-order valence-corrected chi connectivity index (χ1v) is 7.77. The lowest BCUT2D eigenvalue weighted by Crippen LogP contribution is -2.15. The molecule has 0 N–H and O–H groups in total. The van der Waals surface area contributed by atoms with Crippen molar-refractivity contribution in [3.8, 4) is 0 Å². The van der Waals surface area contributed by atoms with Crippen LogP contribution in [0.1, 0.15) is 31.6 Å². The molecule has 0 saturated heterocycles. The van der Waals surface area contributed by atoms with Gasteiger partial charge < -0.3 is 0 Å². The topological polar surface area (TPSA) is 34.1 Å². The average molecular weight is 264 g/mol. The molecule has 0 radical (unpaired) electrons. The summed E-state index contributed by atoms with van der Waals surface area (Å²) in [6.07, 6.45) is 5.54. The summed E-state index contributed by atoms with van der Waals surface area (Å²) in [6.45, 7) is 5.49. The van der Waals surface area contributed by atoms with Crippen molar-refractivity contribution in [2.45, 2.75) is 26.0 Å². The first kappa shape index (κ1) is 14.7. The van der Waals surface area contributed by atoms with Crippen molar-refractivity contribution in [2.24, 2.45) is 0 Å². The Morgan fingerprint density at radius 3 is 2.33 bits per heavy atom. The Hall–Kier alpha value is -1.35. The molecule has 0 saturated carbocycles. The second kappa shape index (κ2) is 6.55. The van der Waals surface area contributed by atoms with E-state index < -0.39 is 15.1 Å². The van der Waals surface area contributed by atoms with Gasteiger partial charge in [0.1, 0.15) is 0 Å². The zero-order chi connectivity index (χ0) is 13.6. The van der Waals surface area contributed by atoms with E-state index in [1.807, 2.05) is 62.4 Å². The van der Waals surface area contributed by atoms with E-state index in [-0.39, 0.29) is 5.75 Å². The monoisotopic (exact) mass is 264 g/mol. The maximum atomic E-state index is 12.3. The number of benzene rings is 1. The van der Waals surface area contributed by atoms with E-state index >= 15 is 0 Å². The molecule has 1 rings (SSSR count). The first-order chi connectivity index (χ1) is 8.51. The maximum absolute atomic E-state index is 12.3. The number of allylic oxidation sites excluding steroid dienone is 3. The van der Waals surface area contributed by atoms with Crippen LogP contribution in [0.15, 0.2) is 54.1 Å². The van der Waals surface area contributed by atoms with Crippen molar-refractivity contribution in [3.05, 3.63) is 59.7 Å². The van der Waals surface area contributed by atoms with E-state index in [0.29, 0.717) is 0 Å². The van der Waals surface area contributed by atoms with Crippen molar-refractivity contribution in [1.29, 1.82) is 0 Å². The highest BCUT2D eigenvalue weighted by atomic mass is 32.2. The number of rotatable bonds is 5. The zero-order valence-corrected chi connectivity index (χ0v) is 11.9. The predicted molar refractivity (Wildman–Crippen MR) is 77.2 cm³/mol. The van der Waals surface area contributed by atoms with Crippen LogP contribution in [0, 0.1) is 0 Å². The Balaban J connectivity index is 2.94. The molecule has 3 heteroatoms. The molecule has 0 aliphatic carbocycles. The van der Waals surface area contributed by atoms with E-state index in [0.717, 1.165) is 11.1 Å². The van der Waals surface area contributed by atoms with Gasteiger partial charge in [-0.3, -0.25) is 0 Å². The molecule has 1 aromatic carbocycles. The maximum Gasteiger partial charge on any atom is 0.161 e. The molecule has 0 spiro atoms. The highest BCUT2D eigenvalue weighted by molar-refractivity contribution is 7.91. The van der Waals surface area contributed by atoms with Crippen LogP contribution < -0.4 is 0 Å². The summed E-state index contributed by atoms with van der Waals surface area (Å²) in [7, 11) is -3.17. The van der Waals surface area contributed by atoms with Crippen LogP contribution in [0.4, 0.5) is 0 Å². The molecular weight excluding hydrogens is 244 g/mol. The third-order valence-electron chi connectivity index (χ3n) is 2.93. The largest absolute Gasteiger partial charge is 0.228 e. The second-order valence-corrected chi connectivity index (χ2v) is 6.55. The highest BCUT2D eigenvalue weighted by Crippen LogP contribution is 2.23. The molecular formula is C15H20O2S. The number of hydrogen-bond acceptors (Lipinski definition) is 2. The van der Waals surface area contributed by atoms with Crippen LogP contribution >= 0.6 is 0 Å². The molecule has 18 heavy (non-hydrogen) atoms. The van der Waals surface area contributed by atoms with Gasteiger partial charge in [0.2, 0.25) is 0 Å². The van der Waals surface area contributed by atoms with Crippen molar-refractivity contribution in [1.82, 2.24) is 0 Å². The van der Waals surface area contributed by atoms with Crippen LogP contribution in [-0.4, -0.2) is 14.2 Å². The SMILES string of the molecule is C/C=C\C(=C/C)CS(=O)(=O)C(C)c1ccccc1. The standard InChI is InChI=1S/C15H20O2S/c1-4-9-14(5-2)12-18(16,17)13(3)15-10-7-6-8-11-15/h4-11,13H,12H2,1-3H3/b9-4-,14-5+. The quantitative estimate of drug-likeness (QED) is 0.760. The van der Waals surface area contributed by atoms with Gasteiger partial charge in [-0.2, -0.15) is 0 Å². The molecule has 0 fully saturated rings. The van der Waals surface area contributed by atoms with Gasteiger partial charge in [-0.1, -0.05) is 48.6 Å². The Morgan fingerprint density at radius 1 is 1.22 bits per heavy atom. The minimum absolute atomic E-state index is 0.0872. The molecule has 0 amide bonds. The van der Waals surface area contributed by atoms with E-state index in [2.05, 4.69) is 0 Å². The third-order valence-corrected chi connectivity index (χ3v) is 5.01. The van der Waals surface area contributed by atoms with Crippen molar-refractivity contribution in [3.63, 3.8) is 0 Å². The number of hydrogen-bond donors (Lipinski definition) is 0. The smallest absolute Gasteiger partial charge is 0.161 e. The van der Waals surface area contributed by atoms with Gasteiger partial charge in [0.25, 0.3) is 0 Å². The first-order valence-electron chi connectivity index (χ1n) is 6.05. The molecule has 0 aromatic heterocycles. The Kier molecular flexibility index (Phi) is 5.35. The normalized spacial score (nSPS) is 14.9. The van der Waals surface area contributed by atoms with Crippen molar-refractivity contribution < 1.29 is 8.42 Å². The second-order valence-electron chi connectivity index (χ2n) is 4.22. The van der Waals surface area contributed by atoms with Crippen LogP contribution in [0.3, 0.4) is 0 Å². The summed E-state index contributed by atoms with van der Waals surface area (Å²) in [5.41, 5.74) is 1.67. The minimum atomic E-state index is -3.17. The van der Waals surface area contributed by atoms with Gasteiger partial charge >= 0.3 is 0 Å². The third kappa shape index (κ3) is 3.84. The van der Waals surface area contributed by atoms with Crippen molar-refractivity contribution >= 4 is 9.84 Å². The van der Waals surface area contributed by atoms with Gasteiger partial charge in [-0.15, -0.1) is 0 Å². The van der Waals surface area contributed by atoms with Gasteiger partial charge in [0.15, 0.2) is 9.84 Å². The molecule has 1 unspecified atom stereocenters. The summed E-state index contributed by atoms with van der Waals surface area (Å²) in [5.74, 6) is 0.0872. The lowest BCUT2D eigenvalue weighted by molar-refractivity contribution is 0.588. The zero-order valence-electron chi connectivity index (χ0n) is 11.1. The summed E-state index contributed by atoms with van der Waals surface area (Å²) in [6, 6.07) is 9.33. The number of sulfone groups is 1. The Bertz CT molecular complexity index is 525. The minimum Gasteiger partial charge on any atom is -0.228 e. The van der Waals surface area contributed by atoms with E-state index in [1.54, 1.807) is 6.92 Å². The van der Waals surface area contributed by atoms with Gasteiger partial charge in [0, 0.05) is 0 Å². The molecule has 0 aliphatic rings. The van der Waals surface area contributed by atoms with E-state index in [9.17, 15) is 8.42 Å². The molecule has 0 bridgehead atoms. The van der Waals surface area contributed by atoms with E-state index in [4.69, 9.17) is 0 Å². The molecule has 0 aliphatic heterocycles. The van der Waals surface area contributed by atoms with Gasteiger partial charge in [-0.05, 0) is 31.9 Å². The van der Waals surface area contributed by atoms with E-state index in [1.165, 1.54) is 0 Å². The summed E-state index contributed by atoms with van der Waals surface area (Å²) < 4.78 is 24.6. The summed E-state index contributed by atoms with van der Waals surface area (Å²) >= 11 is 0. The Labute approximate surface area is 110 Å². The molecule has 1 aromatic rings. The van der Waals surface area contributed by atoms with Crippen LogP contribution in [0.2, 0.25) is 0 Å². The van der Waals surface area contributed by atoms with Crippen LogP contribution in [0.5, 0.6) is 0 Å². The van der Waals surface area contributed by atoms with Gasteiger partial charge in [-0.25, -0.2) is 8.42 Å². The lowest BCUT2D eigenvalue weighted by atomic mass is 10.2. The van der Waals surface area contributed by atoms with Crippen LogP contribution in [0.25, 0.3) is 0 Å². The fourth-order valence-corrected chi connectivity index (χ4v) is 3.28. The molecule has 2 nitrogen and oxygen atoms in total. The molecule has 1 atom stereocenters. The van der Waals surface area contributed by atoms with Crippen molar-refractivity contribution in [2.75, 3.05) is 5.75 Å². The molecule has 0 heterocycles. The molecule has 98 valence electrons. The lowest BCUT2D eigenvalue weighted by Gasteiger charge is -2.13. The summed E-state index contributed by atoms with van der Waals surface area (Å²) in [4.78, 5) is 0. The fraction of sp³-hybridized carbons (Fsp3) is 0.333. The van der Waals surface area contributed by atoms with Crippen LogP contribution in [-0.2, 0) is 9.84 Å². The van der Waals surface area contributed by atoms with Gasteiger partial charge in [0.05, 0.1) is 11.0 Å².